The highest BCUT2D eigenvalue weighted by Gasteiger charge is 2.59. The van der Waals surface area contributed by atoms with Gasteiger partial charge in [0.15, 0.2) is 0 Å². The van der Waals surface area contributed by atoms with Crippen LogP contribution in [0.2, 0.25) is 0 Å². The Morgan fingerprint density at radius 3 is 2.03 bits per heavy atom. The third kappa shape index (κ3) is 3.50. The SMILES string of the molecule is O=C(CN1C(=O)C2C3C=CC(C3)C2C1=O)Nc1ccc(Sc2ccc(Br)cc2)cc1. The van der Waals surface area contributed by atoms with Gasteiger partial charge in [0.25, 0.3) is 0 Å². The van der Waals surface area contributed by atoms with Crippen LogP contribution in [0.3, 0.4) is 0 Å². The normalized spacial score (nSPS) is 26.4. The summed E-state index contributed by atoms with van der Waals surface area (Å²) >= 11 is 5.06. The molecular formula is C23H19BrN2O3S. The first-order valence-corrected chi connectivity index (χ1v) is 11.5. The van der Waals surface area contributed by atoms with Crippen LogP contribution in [-0.2, 0) is 14.4 Å². The lowest BCUT2D eigenvalue weighted by atomic mass is 9.85. The number of nitrogens with zero attached hydrogens (tertiary/aromatic N) is 1. The van der Waals surface area contributed by atoms with Crippen LogP contribution in [0.4, 0.5) is 5.69 Å². The van der Waals surface area contributed by atoms with E-state index >= 15 is 0 Å². The highest BCUT2D eigenvalue weighted by atomic mass is 79.9. The van der Waals surface area contributed by atoms with Gasteiger partial charge in [0.05, 0.1) is 11.8 Å². The number of allylic oxidation sites excluding steroid dienone is 2. The van der Waals surface area contributed by atoms with Crippen molar-refractivity contribution in [3.8, 4) is 0 Å². The zero-order valence-corrected chi connectivity index (χ0v) is 18.4. The molecule has 4 atom stereocenters. The molecular weight excluding hydrogens is 464 g/mol. The maximum atomic E-state index is 12.7. The highest BCUT2D eigenvalue weighted by molar-refractivity contribution is 9.10. The van der Waals surface area contributed by atoms with Gasteiger partial charge in [-0.1, -0.05) is 39.8 Å². The Balaban J connectivity index is 1.19. The Morgan fingerprint density at radius 2 is 1.47 bits per heavy atom. The van der Waals surface area contributed by atoms with Crippen LogP contribution in [0.25, 0.3) is 0 Å². The highest BCUT2D eigenvalue weighted by Crippen LogP contribution is 2.52. The number of rotatable bonds is 5. The third-order valence-electron chi connectivity index (χ3n) is 6.05. The van der Waals surface area contributed by atoms with E-state index in [0.29, 0.717) is 5.69 Å². The molecule has 2 aromatic carbocycles. The lowest BCUT2D eigenvalue weighted by Gasteiger charge is -2.16. The number of hydrogen-bond donors (Lipinski definition) is 1. The summed E-state index contributed by atoms with van der Waals surface area (Å²) in [7, 11) is 0. The average molecular weight is 483 g/mol. The van der Waals surface area contributed by atoms with E-state index in [2.05, 4.69) is 33.4 Å². The largest absolute Gasteiger partial charge is 0.325 e. The Hall–Kier alpha value is -2.38. The lowest BCUT2D eigenvalue weighted by Crippen LogP contribution is -2.39. The zero-order valence-electron chi connectivity index (χ0n) is 16.0. The topological polar surface area (TPSA) is 66.5 Å². The Morgan fingerprint density at radius 1 is 0.933 bits per heavy atom. The minimum absolute atomic E-state index is 0.153. The molecule has 0 aromatic heterocycles. The van der Waals surface area contributed by atoms with E-state index in [4.69, 9.17) is 0 Å². The van der Waals surface area contributed by atoms with Crippen LogP contribution in [0, 0.1) is 23.7 Å². The van der Waals surface area contributed by atoms with Crippen LogP contribution in [-0.4, -0.2) is 29.2 Å². The number of halogens is 1. The molecule has 2 bridgehead atoms. The average Bonchev–Trinajstić information content (AvgIpc) is 3.41. The van der Waals surface area contributed by atoms with Gasteiger partial charge in [-0.05, 0) is 66.8 Å². The number of likely N-dealkylation sites (tertiary alicyclic amines) is 1. The first kappa shape index (κ1) is 19.6. The second-order valence-electron chi connectivity index (χ2n) is 7.89. The van der Waals surface area contributed by atoms with E-state index in [9.17, 15) is 14.4 Å². The number of anilines is 1. The van der Waals surface area contributed by atoms with Crippen molar-refractivity contribution in [2.45, 2.75) is 16.2 Å². The second kappa shape index (κ2) is 7.71. The number of hydrogen-bond acceptors (Lipinski definition) is 4. The molecule has 152 valence electrons. The number of nitrogens with one attached hydrogen (secondary N) is 1. The fourth-order valence-corrected chi connectivity index (χ4v) is 5.79. The summed E-state index contributed by atoms with van der Waals surface area (Å²) in [6, 6.07) is 15.6. The Kier molecular flexibility index (Phi) is 5.03. The van der Waals surface area contributed by atoms with Crippen LogP contribution in [0.15, 0.2) is 74.9 Å². The molecule has 7 heteroatoms. The van der Waals surface area contributed by atoms with Gasteiger partial charge in [0, 0.05) is 20.0 Å². The number of carbonyl (C=O) groups is 3. The van der Waals surface area contributed by atoms with Gasteiger partial charge in [-0.3, -0.25) is 19.3 Å². The van der Waals surface area contributed by atoms with E-state index in [1.165, 1.54) is 0 Å². The first-order chi connectivity index (χ1) is 14.5. The quantitative estimate of drug-likeness (QED) is 0.508. The van der Waals surface area contributed by atoms with Crippen LogP contribution < -0.4 is 5.32 Å². The van der Waals surface area contributed by atoms with Gasteiger partial charge >= 0.3 is 0 Å². The van der Waals surface area contributed by atoms with Gasteiger partial charge in [0.1, 0.15) is 6.54 Å². The standard InChI is InChI=1S/C23H19BrN2O3S/c24-15-3-7-17(8-4-15)30-18-9-5-16(6-10-18)25-19(27)12-26-22(28)20-13-1-2-14(11-13)21(20)23(26)29/h1-10,13-14,20-21H,11-12H2,(H,25,27). The molecule has 4 unspecified atom stereocenters. The summed E-state index contributed by atoms with van der Waals surface area (Å²) in [6.07, 6.45) is 4.99. The van der Waals surface area contributed by atoms with E-state index in [1.54, 1.807) is 11.8 Å². The molecule has 2 aromatic rings. The molecule has 5 nitrogen and oxygen atoms in total. The molecule has 30 heavy (non-hydrogen) atoms. The molecule has 1 aliphatic heterocycles. The number of benzene rings is 2. The number of fused-ring (bicyclic) bond motifs is 5. The van der Waals surface area contributed by atoms with Crippen molar-refractivity contribution in [1.82, 2.24) is 4.90 Å². The summed E-state index contributed by atoms with van der Waals surface area (Å²) in [5, 5.41) is 2.80. The van der Waals surface area contributed by atoms with E-state index in [1.807, 2.05) is 48.5 Å². The van der Waals surface area contributed by atoms with E-state index in [0.717, 1.165) is 25.6 Å². The van der Waals surface area contributed by atoms with Crippen molar-refractivity contribution in [3.05, 3.63) is 65.2 Å². The lowest BCUT2D eigenvalue weighted by molar-refractivity contribution is -0.143. The maximum absolute atomic E-state index is 12.7. The molecule has 0 radical (unpaired) electrons. The van der Waals surface area contributed by atoms with Crippen molar-refractivity contribution in [2.24, 2.45) is 23.7 Å². The van der Waals surface area contributed by atoms with E-state index in [-0.39, 0.29) is 47.9 Å². The van der Waals surface area contributed by atoms with Crippen molar-refractivity contribution in [1.29, 1.82) is 0 Å². The Labute approximate surface area is 187 Å². The van der Waals surface area contributed by atoms with Crippen molar-refractivity contribution >= 4 is 51.1 Å². The zero-order chi connectivity index (χ0) is 20.8. The number of carbonyl (C=O) groups excluding carboxylic acids is 3. The van der Waals surface area contributed by atoms with Gasteiger partial charge < -0.3 is 5.32 Å². The molecule has 2 fully saturated rings. The smallest absolute Gasteiger partial charge is 0.244 e. The summed E-state index contributed by atoms with van der Waals surface area (Å²) < 4.78 is 1.03. The monoisotopic (exact) mass is 482 g/mol. The van der Waals surface area contributed by atoms with Crippen LogP contribution >= 0.6 is 27.7 Å². The van der Waals surface area contributed by atoms with Gasteiger partial charge in [0.2, 0.25) is 17.7 Å². The fourth-order valence-electron chi connectivity index (χ4n) is 4.71. The predicted octanol–water partition coefficient (Wildman–Crippen LogP) is 4.35. The van der Waals surface area contributed by atoms with Crippen molar-refractivity contribution in [2.75, 3.05) is 11.9 Å². The molecule has 1 N–H and O–H groups in total. The van der Waals surface area contributed by atoms with Crippen LogP contribution in [0.5, 0.6) is 0 Å². The van der Waals surface area contributed by atoms with Gasteiger partial charge in [-0.2, -0.15) is 0 Å². The number of imide groups is 1. The molecule has 1 saturated heterocycles. The second-order valence-corrected chi connectivity index (χ2v) is 9.95. The van der Waals surface area contributed by atoms with Crippen LogP contribution in [0.1, 0.15) is 6.42 Å². The van der Waals surface area contributed by atoms with Crippen molar-refractivity contribution < 1.29 is 14.4 Å². The molecule has 2 aliphatic carbocycles. The molecule has 0 spiro atoms. The van der Waals surface area contributed by atoms with Gasteiger partial charge in [-0.25, -0.2) is 0 Å². The maximum Gasteiger partial charge on any atom is 0.244 e. The minimum Gasteiger partial charge on any atom is -0.325 e. The molecule has 1 saturated carbocycles. The number of amides is 3. The summed E-state index contributed by atoms with van der Waals surface area (Å²) in [4.78, 5) is 41.2. The van der Waals surface area contributed by atoms with E-state index < -0.39 is 0 Å². The third-order valence-corrected chi connectivity index (χ3v) is 7.60. The molecule has 5 rings (SSSR count). The van der Waals surface area contributed by atoms with Crippen molar-refractivity contribution in [3.63, 3.8) is 0 Å². The first-order valence-electron chi connectivity index (χ1n) is 9.86. The predicted molar refractivity (Wildman–Crippen MR) is 118 cm³/mol. The summed E-state index contributed by atoms with van der Waals surface area (Å²) in [5.41, 5.74) is 0.640. The summed E-state index contributed by atoms with van der Waals surface area (Å²) in [6.45, 7) is -0.223. The minimum atomic E-state index is -0.356. The fraction of sp³-hybridized carbons (Fsp3) is 0.261. The summed E-state index contributed by atoms with van der Waals surface area (Å²) in [5.74, 6) is -0.979. The molecule has 1 heterocycles. The Bertz CT molecular complexity index is 1020. The van der Waals surface area contributed by atoms with Gasteiger partial charge in [-0.15, -0.1) is 0 Å². The molecule has 3 aliphatic rings. The molecule has 3 amide bonds.